The summed E-state index contributed by atoms with van der Waals surface area (Å²) in [4.78, 5) is 7.69. The minimum atomic E-state index is 0.590. The van der Waals surface area contributed by atoms with Crippen LogP contribution in [-0.2, 0) is 0 Å². The highest BCUT2D eigenvalue weighted by Crippen LogP contribution is 2.29. The van der Waals surface area contributed by atoms with Crippen LogP contribution in [0.25, 0.3) is 23.4 Å². The maximum Gasteiger partial charge on any atom is 0.130 e. The summed E-state index contributed by atoms with van der Waals surface area (Å²) in [5.74, 6) is 7.08. The first-order valence-electron chi connectivity index (χ1n) is 8.90. The summed E-state index contributed by atoms with van der Waals surface area (Å²) < 4.78 is 0. The number of rotatable bonds is 3. The van der Waals surface area contributed by atoms with Gasteiger partial charge >= 0.3 is 0 Å². The Morgan fingerprint density at radius 3 is 2.64 bits per heavy atom. The molecule has 0 bridgehead atoms. The van der Waals surface area contributed by atoms with Crippen molar-refractivity contribution in [1.82, 2.24) is 9.97 Å². The summed E-state index contributed by atoms with van der Waals surface area (Å²) in [7, 11) is 0. The van der Waals surface area contributed by atoms with Crippen LogP contribution >= 0.6 is 23.2 Å². The van der Waals surface area contributed by atoms with Gasteiger partial charge in [-0.2, -0.15) is 0 Å². The van der Waals surface area contributed by atoms with E-state index in [1.165, 1.54) is 0 Å². The fourth-order valence-corrected chi connectivity index (χ4v) is 3.13. The van der Waals surface area contributed by atoms with Crippen LogP contribution in [0.15, 0.2) is 54.2 Å². The van der Waals surface area contributed by atoms with Gasteiger partial charge in [0.2, 0.25) is 0 Å². The molecule has 0 saturated carbocycles. The van der Waals surface area contributed by atoms with E-state index in [9.17, 15) is 0 Å². The van der Waals surface area contributed by atoms with E-state index in [0.717, 1.165) is 39.3 Å². The third-order valence-corrected chi connectivity index (χ3v) is 4.89. The fourth-order valence-electron chi connectivity index (χ4n) is 2.62. The van der Waals surface area contributed by atoms with Crippen molar-refractivity contribution in [2.75, 3.05) is 0 Å². The number of benzene rings is 2. The van der Waals surface area contributed by atoms with Gasteiger partial charge in [0.05, 0.1) is 16.9 Å². The number of nitrogens with one attached hydrogen (secondary N) is 1. The van der Waals surface area contributed by atoms with E-state index in [0.29, 0.717) is 10.0 Å². The Hall–Kier alpha value is -2.73. The third-order valence-electron chi connectivity index (χ3n) is 4.34. The molecule has 2 nitrogen and oxygen atoms in total. The Labute approximate surface area is 175 Å². The molecule has 0 unspecified atom stereocenters. The quantitative estimate of drug-likeness (QED) is 0.458. The van der Waals surface area contributed by atoms with Crippen LogP contribution in [-0.4, -0.2) is 9.97 Å². The zero-order chi connectivity index (χ0) is 20.1. The van der Waals surface area contributed by atoms with E-state index in [1.807, 2.05) is 50.3 Å². The number of halogens is 2. The van der Waals surface area contributed by atoms with Crippen molar-refractivity contribution in [3.05, 3.63) is 86.8 Å². The van der Waals surface area contributed by atoms with Crippen LogP contribution < -0.4 is 0 Å². The van der Waals surface area contributed by atoms with Crippen LogP contribution in [0.4, 0.5) is 0 Å². The Morgan fingerprint density at radius 2 is 1.93 bits per heavy atom. The Balaban J connectivity index is 1.79. The number of aromatic nitrogens is 2. The molecule has 1 N–H and O–H groups in total. The van der Waals surface area contributed by atoms with Crippen molar-refractivity contribution in [1.29, 1.82) is 0 Å². The maximum atomic E-state index is 6.27. The first-order chi connectivity index (χ1) is 13.5. The van der Waals surface area contributed by atoms with Crippen molar-refractivity contribution < 1.29 is 0 Å². The monoisotopic (exact) mass is 406 g/mol. The van der Waals surface area contributed by atoms with Gasteiger partial charge in [0.25, 0.3) is 0 Å². The number of H-pyrrole nitrogens is 1. The second-order valence-corrected chi connectivity index (χ2v) is 7.28. The lowest BCUT2D eigenvalue weighted by atomic mass is 10.0. The smallest absolute Gasteiger partial charge is 0.130 e. The molecule has 28 heavy (non-hydrogen) atoms. The summed E-state index contributed by atoms with van der Waals surface area (Å²) in [6.07, 6.45) is 7.76. The van der Waals surface area contributed by atoms with Crippen LogP contribution in [0.1, 0.15) is 36.4 Å². The molecule has 0 radical (unpaired) electrons. The SMILES string of the molecule is C/C=C(\C)C#Cc1ccc(/C=C/c2ncc(-c3ccc(Cl)cc3Cl)[nH]2)c(C)c1. The minimum Gasteiger partial charge on any atom is -0.338 e. The zero-order valence-electron chi connectivity index (χ0n) is 16.0. The lowest BCUT2D eigenvalue weighted by Gasteiger charge is -2.02. The molecule has 0 aliphatic carbocycles. The molecule has 140 valence electrons. The molecule has 4 heteroatoms. The molecule has 3 aromatic rings. The Bertz CT molecular complexity index is 1120. The van der Waals surface area contributed by atoms with Gasteiger partial charge in [-0.15, -0.1) is 0 Å². The lowest BCUT2D eigenvalue weighted by Crippen LogP contribution is -1.84. The first kappa shape index (κ1) is 20.0. The molecule has 1 heterocycles. The molecular weight excluding hydrogens is 387 g/mol. The molecule has 0 spiro atoms. The van der Waals surface area contributed by atoms with Gasteiger partial charge in [0, 0.05) is 16.1 Å². The van der Waals surface area contributed by atoms with Gasteiger partial charge < -0.3 is 4.98 Å². The number of aromatic amines is 1. The Morgan fingerprint density at radius 1 is 1.11 bits per heavy atom. The number of nitrogens with zero attached hydrogens (tertiary/aromatic N) is 1. The van der Waals surface area contributed by atoms with Gasteiger partial charge in [-0.05, 0) is 73.9 Å². The lowest BCUT2D eigenvalue weighted by molar-refractivity contribution is 1.27. The van der Waals surface area contributed by atoms with Gasteiger partial charge in [-0.1, -0.05) is 53.3 Å². The predicted octanol–water partition coefficient (Wildman–Crippen LogP) is 7.18. The summed E-state index contributed by atoms with van der Waals surface area (Å²) in [5.41, 5.74) is 6.07. The van der Waals surface area contributed by atoms with Crippen LogP contribution in [0.3, 0.4) is 0 Å². The number of hydrogen-bond donors (Lipinski definition) is 1. The van der Waals surface area contributed by atoms with Crippen molar-refractivity contribution in [2.24, 2.45) is 0 Å². The van der Waals surface area contributed by atoms with Crippen molar-refractivity contribution in [3.8, 4) is 23.1 Å². The highest BCUT2D eigenvalue weighted by atomic mass is 35.5. The van der Waals surface area contributed by atoms with E-state index in [1.54, 1.807) is 12.3 Å². The van der Waals surface area contributed by atoms with Crippen molar-refractivity contribution >= 4 is 35.4 Å². The van der Waals surface area contributed by atoms with Crippen molar-refractivity contribution in [3.63, 3.8) is 0 Å². The molecular formula is C24H20Cl2N2. The highest BCUT2D eigenvalue weighted by Gasteiger charge is 2.07. The average molecular weight is 407 g/mol. The number of imidazole rings is 1. The standard InChI is InChI=1S/C24H20Cl2N2/c1-4-16(2)5-6-18-7-8-19(17(3)13-18)9-12-24-27-15-23(28-24)21-11-10-20(25)14-22(21)26/h4,7-15H,1-3H3,(H,27,28)/b12-9+,16-4+. The second kappa shape index (κ2) is 8.97. The normalized spacial score (nSPS) is 11.5. The number of allylic oxidation sites excluding steroid dienone is 2. The van der Waals surface area contributed by atoms with E-state index < -0.39 is 0 Å². The molecule has 0 amide bonds. The minimum absolute atomic E-state index is 0.590. The van der Waals surface area contributed by atoms with Gasteiger partial charge in [-0.25, -0.2) is 4.98 Å². The van der Waals surface area contributed by atoms with Gasteiger partial charge in [0.15, 0.2) is 0 Å². The summed E-state index contributed by atoms with van der Waals surface area (Å²) in [6, 6.07) is 11.6. The van der Waals surface area contributed by atoms with E-state index in [4.69, 9.17) is 23.2 Å². The van der Waals surface area contributed by atoms with Gasteiger partial charge in [-0.3, -0.25) is 0 Å². The molecule has 0 fully saturated rings. The molecule has 1 aromatic heterocycles. The fraction of sp³-hybridized carbons (Fsp3) is 0.125. The zero-order valence-corrected chi connectivity index (χ0v) is 17.5. The molecule has 0 saturated heterocycles. The van der Waals surface area contributed by atoms with E-state index in [-0.39, 0.29) is 0 Å². The highest BCUT2D eigenvalue weighted by molar-refractivity contribution is 6.36. The first-order valence-corrected chi connectivity index (χ1v) is 9.66. The number of aryl methyl sites for hydroxylation is 1. The Kier molecular flexibility index (Phi) is 6.41. The average Bonchev–Trinajstić information content (AvgIpc) is 3.14. The molecule has 0 aliphatic rings. The molecule has 2 aromatic carbocycles. The molecule has 0 atom stereocenters. The van der Waals surface area contributed by atoms with E-state index in [2.05, 4.69) is 40.9 Å². The van der Waals surface area contributed by atoms with E-state index >= 15 is 0 Å². The predicted molar refractivity (Wildman–Crippen MR) is 120 cm³/mol. The van der Waals surface area contributed by atoms with Crippen LogP contribution in [0, 0.1) is 18.8 Å². The number of hydrogen-bond acceptors (Lipinski definition) is 1. The maximum absolute atomic E-state index is 6.27. The van der Waals surface area contributed by atoms with Gasteiger partial charge in [0.1, 0.15) is 5.82 Å². The molecule has 0 aliphatic heterocycles. The van der Waals surface area contributed by atoms with Crippen LogP contribution in [0.2, 0.25) is 10.0 Å². The van der Waals surface area contributed by atoms with Crippen molar-refractivity contribution in [2.45, 2.75) is 20.8 Å². The summed E-state index contributed by atoms with van der Waals surface area (Å²) >= 11 is 12.2. The molecule has 3 rings (SSSR count). The summed E-state index contributed by atoms with van der Waals surface area (Å²) in [6.45, 7) is 6.07. The topological polar surface area (TPSA) is 28.7 Å². The summed E-state index contributed by atoms with van der Waals surface area (Å²) in [5, 5.41) is 1.20. The third kappa shape index (κ3) is 4.95. The van der Waals surface area contributed by atoms with Crippen LogP contribution in [0.5, 0.6) is 0 Å². The second-order valence-electron chi connectivity index (χ2n) is 6.43. The largest absolute Gasteiger partial charge is 0.338 e.